The van der Waals surface area contributed by atoms with Crippen LogP contribution in [-0.4, -0.2) is 28.3 Å². The number of piperidine rings is 1. The van der Waals surface area contributed by atoms with Crippen LogP contribution in [0, 0.1) is 0 Å². The molecule has 1 amide bonds. The first-order chi connectivity index (χ1) is 11.5. The predicted octanol–water partition coefficient (Wildman–Crippen LogP) is 2.90. The molecule has 3 atom stereocenters. The molecule has 1 unspecified atom stereocenters. The van der Waals surface area contributed by atoms with Crippen LogP contribution in [0.4, 0.5) is 0 Å². The van der Waals surface area contributed by atoms with Gasteiger partial charge in [-0.1, -0.05) is 35.0 Å². The van der Waals surface area contributed by atoms with Crippen LogP contribution in [0.5, 0.6) is 0 Å². The summed E-state index contributed by atoms with van der Waals surface area (Å²) in [5.41, 5.74) is 2.35. The minimum atomic E-state index is -0.0188. The summed E-state index contributed by atoms with van der Waals surface area (Å²) >= 11 is 3.53. The standard InChI is InChI=1S/C18H23BrN4O/c1-12(13-4-3-5-15(19)8-13)9-20-16-6-7-17(24)22-18(16)14-10-21-23(2)11-14/h3-5,8,10-12,16,18,20H,6-7,9H2,1-2H3,(H,22,24)/t12?,16-,18+/m1/s1. The SMILES string of the molecule is CC(CN[C@@H]1CCC(=O)N[C@H]1c1cnn(C)c1)c1cccc(Br)c1. The van der Waals surface area contributed by atoms with Gasteiger partial charge in [0, 0.05) is 42.3 Å². The molecule has 6 heteroatoms. The number of nitrogens with zero attached hydrogens (tertiary/aromatic N) is 2. The Bertz CT molecular complexity index is 715. The van der Waals surface area contributed by atoms with Gasteiger partial charge in [-0.3, -0.25) is 9.48 Å². The molecule has 0 bridgehead atoms. The predicted molar refractivity (Wildman–Crippen MR) is 97.7 cm³/mol. The van der Waals surface area contributed by atoms with Crippen LogP contribution in [0.3, 0.4) is 0 Å². The maximum atomic E-state index is 11.8. The van der Waals surface area contributed by atoms with Crippen LogP contribution in [0.25, 0.3) is 0 Å². The zero-order valence-electron chi connectivity index (χ0n) is 14.0. The van der Waals surface area contributed by atoms with Gasteiger partial charge in [-0.25, -0.2) is 0 Å². The fourth-order valence-electron chi connectivity index (χ4n) is 3.19. The summed E-state index contributed by atoms with van der Waals surface area (Å²) in [6.07, 6.45) is 5.22. The van der Waals surface area contributed by atoms with Crippen molar-refractivity contribution in [1.82, 2.24) is 20.4 Å². The Morgan fingerprint density at radius 3 is 3.04 bits per heavy atom. The minimum Gasteiger partial charge on any atom is -0.348 e. The van der Waals surface area contributed by atoms with Gasteiger partial charge in [0.1, 0.15) is 0 Å². The van der Waals surface area contributed by atoms with E-state index in [9.17, 15) is 4.79 Å². The molecule has 1 aliphatic heterocycles. The van der Waals surface area contributed by atoms with Crippen LogP contribution < -0.4 is 10.6 Å². The Morgan fingerprint density at radius 2 is 2.33 bits per heavy atom. The van der Waals surface area contributed by atoms with Crippen molar-refractivity contribution in [3.63, 3.8) is 0 Å². The molecule has 1 saturated heterocycles. The lowest BCUT2D eigenvalue weighted by Gasteiger charge is -2.33. The molecule has 24 heavy (non-hydrogen) atoms. The number of hydrogen-bond acceptors (Lipinski definition) is 3. The maximum absolute atomic E-state index is 11.8. The van der Waals surface area contributed by atoms with E-state index in [1.165, 1.54) is 5.56 Å². The van der Waals surface area contributed by atoms with Gasteiger partial charge in [-0.15, -0.1) is 0 Å². The van der Waals surface area contributed by atoms with Crippen molar-refractivity contribution in [3.8, 4) is 0 Å². The van der Waals surface area contributed by atoms with Gasteiger partial charge in [0.15, 0.2) is 0 Å². The van der Waals surface area contributed by atoms with Gasteiger partial charge in [0.25, 0.3) is 0 Å². The lowest BCUT2D eigenvalue weighted by molar-refractivity contribution is -0.123. The summed E-state index contributed by atoms with van der Waals surface area (Å²) in [5, 5.41) is 11.0. The van der Waals surface area contributed by atoms with E-state index in [0.29, 0.717) is 12.3 Å². The van der Waals surface area contributed by atoms with E-state index >= 15 is 0 Å². The van der Waals surface area contributed by atoms with Gasteiger partial charge < -0.3 is 10.6 Å². The first kappa shape index (κ1) is 17.2. The zero-order chi connectivity index (χ0) is 17.1. The second-order valence-corrected chi connectivity index (χ2v) is 7.42. The molecule has 2 N–H and O–H groups in total. The zero-order valence-corrected chi connectivity index (χ0v) is 15.6. The largest absolute Gasteiger partial charge is 0.348 e. The van der Waals surface area contributed by atoms with Crippen molar-refractivity contribution in [2.75, 3.05) is 6.54 Å². The molecule has 5 nitrogen and oxygen atoms in total. The van der Waals surface area contributed by atoms with Crippen LogP contribution in [0.15, 0.2) is 41.1 Å². The lowest BCUT2D eigenvalue weighted by atomic mass is 9.92. The highest BCUT2D eigenvalue weighted by atomic mass is 79.9. The number of carbonyl (C=O) groups excluding carboxylic acids is 1. The second kappa shape index (κ2) is 7.49. The highest BCUT2D eigenvalue weighted by Gasteiger charge is 2.30. The van der Waals surface area contributed by atoms with Gasteiger partial charge >= 0.3 is 0 Å². The monoisotopic (exact) mass is 390 g/mol. The van der Waals surface area contributed by atoms with Crippen molar-refractivity contribution >= 4 is 21.8 Å². The second-order valence-electron chi connectivity index (χ2n) is 6.50. The van der Waals surface area contributed by atoms with Gasteiger partial charge in [-0.2, -0.15) is 5.10 Å². The highest BCUT2D eigenvalue weighted by molar-refractivity contribution is 9.10. The van der Waals surface area contributed by atoms with E-state index < -0.39 is 0 Å². The molecule has 1 aromatic heterocycles. The topological polar surface area (TPSA) is 59.0 Å². The smallest absolute Gasteiger partial charge is 0.220 e. The molecule has 0 radical (unpaired) electrons. The fourth-order valence-corrected chi connectivity index (χ4v) is 3.61. The first-order valence-electron chi connectivity index (χ1n) is 8.29. The summed E-state index contributed by atoms with van der Waals surface area (Å²) in [6, 6.07) is 8.62. The molecule has 2 aromatic rings. The fraction of sp³-hybridized carbons (Fsp3) is 0.444. The quantitative estimate of drug-likeness (QED) is 0.824. The molecule has 0 spiro atoms. The Hall–Kier alpha value is -1.66. The number of hydrogen-bond donors (Lipinski definition) is 2. The van der Waals surface area contributed by atoms with E-state index in [1.807, 2.05) is 25.5 Å². The van der Waals surface area contributed by atoms with Crippen LogP contribution >= 0.6 is 15.9 Å². The first-order valence-corrected chi connectivity index (χ1v) is 9.09. The molecule has 0 saturated carbocycles. The normalized spacial score (nSPS) is 22.2. The molecular formula is C18H23BrN4O. The molecular weight excluding hydrogens is 368 g/mol. The molecule has 3 rings (SSSR count). The number of rotatable bonds is 5. The van der Waals surface area contributed by atoms with E-state index in [1.54, 1.807) is 4.68 Å². The van der Waals surface area contributed by atoms with E-state index in [0.717, 1.165) is 23.0 Å². The third-order valence-electron chi connectivity index (χ3n) is 4.59. The van der Waals surface area contributed by atoms with Crippen molar-refractivity contribution in [2.24, 2.45) is 7.05 Å². The summed E-state index contributed by atoms with van der Waals surface area (Å²) < 4.78 is 2.88. The number of nitrogens with one attached hydrogen (secondary N) is 2. The average Bonchev–Trinajstić information content (AvgIpc) is 2.99. The summed E-state index contributed by atoms with van der Waals surface area (Å²) in [6.45, 7) is 3.09. The minimum absolute atomic E-state index is 0.0188. The van der Waals surface area contributed by atoms with Gasteiger partial charge in [-0.05, 0) is 30.0 Å². The molecule has 1 aliphatic rings. The highest BCUT2D eigenvalue weighted by Crippen LogP contribution is 2.25. The third kappa shape index (κ3) is 4.05. The third-order valence-corrected chi connectivity index (χ3v) is 5.08. The Labute approximate surface area is 151 Å². The van der Waals surface area contributed by atoms with E-state index in [-0.39, 0.29) is 18.0 Å². The Kier molecular flexibility index (Phi) is 5.36. The molecule has 2 heterocycles. The van der Waals surface area contributed by atoms with Crippen molar-refractivity contribution in [2.45, 2.75) is 37.8 Å². The van der Waals surface area contributed by atoms with Gasteiger partial charge in [0.2, 0.25) is 5.91 Å². The summed E-state index contributed by atoms with van der Waals surface area (Å²) in [7, 11) is 1.89. The number of aromatic nitrogens is 2. The van der Waals surface area contributed by atoms with Crippen LogP contribution in [0.2, 0.25) is 0 Å². The number of aryl methyl sites for hydroxylation is 1. The summed E-state index contributed by atoms with van der Waals surface area (Å²) in [5.74, 6) is 0.511. The summed E-state index contributed by atoms with van der Waals surface area (Å²) in [4.78, 5) is 11.8. The number of amides is 1. The lowest BCUT2D eigenvalue weighted by Crippen LogP contribution is -2.49. The number of halogens is 1. The maximum Gasteiger partial charge on any atom is 0.220 e. The van der Waals surface area contributed by atoms with Crippen LogP contribution in [0.1, 0.15) is 42.9 Å². The number of benzene rings is 1. The molecule has 0 aliphatic carbocycles. The molecule has 1 aromatic carbocycles. The Morgan fingerprint density at radius 1 is 1.50 bits per heavy atom. The molecule has 1 fully saturated rings. The van der Waals surface area contributed by atoms with Crippen molar-refractivity contribution in [3.05, 3.63) is 52.3 Å². The van der Waals surface area contributed by atoms with Crippen molar-refractivity contribution in [1.29, 1.82) is 0 Å². The Balaban J connectivity index is 1.67. The molecule has 128 valence electrons. The van der Waals surface area contributed by atoms with Crippen LogP contribution in [-0.2, 0) is 11.8 Å². The average molecular weight is 391 g/mol. The number of carbonyl (C=O) groups is 1. The van der Waals surface area contributed by atoms with E-state index in [4.69, 9.17) is 0 Å². The van der Waals surface area contributed by atoms with Crippen molar-refractivity contribution < 1.29 is 4.79 Å². The van der Waals surface area contributed by atoms with Gasteiger partial charge in [0.05, 0.1) is 12.2 Å². The van der Waals surface area contributed by atoms with E-state index in [2.05, 4.69) is 56.8 Å².